The summed E-state index contributed by atoms with van der Waals surface area (Å²) in [4.78, 5) is 25.7. The number of rotatable bonds is 7. The Morgan fingerprint density at radius 1 is 0.871 bits per heavy atom. The quantitative estimate of drug-likeness (QED) is 0.547. The fraction of sp³-hybridized carbons (Fsp3) is 0.167. The molecule has 6 nitrogen and oxygen atoms in total. The molecule has 1 heterocycles. The van der Waals surface area contributed by atoms with E-state index in [-0.39, 0.29) is 17.6 Å². The minimum absolute atomic E-state index is 0.0842. The van der Waals surface area contributed by atoms with E-state index in [1.165, 1.54) is 11.8 Å². The van der Waals surface area contributed by atoms with E-state index in [4.69, 9.17) is 9.47 Å². The lowest BCUT2D eigenvalue weighted by Gasteiger charge is -2.18. The highest BCUT2D eigenvalue weighted by Gasteiger charge is 2.13. The van der Waals surface area contributed by atoms with Gasteiger partial charge in [-0.15, -0.1) is 11.8 Å². The van der Waals surface area contributed by atoms with Crippen LogP contribution in [-0.2, 0) is 11.3 Å². The highest BCUT2D eigenvalue weighted by Crippen LogP contribution is 2.34. The van der Waals surface area contributed by atoms with Crippen LogP contribution < -0.4 is 20.1 Å². The maximum Gasteiger partial charge on any atom is 0.255 e. The highest BCUT2D eigenvalue weighted by molar-refractivity contribution is 8.00. The van der Waals surface area contributed by atoms with Gasteiger partial charge in [0.1, 0.15) is 13.2 Å². The molecule has 1 aliphatic rings. The number of para-hydroxylation sites is 1. The average molecular weight is 435 g/mol. The molecule has 0 aliphatic carbocycles. The topological polar surface area (TPSA) is 76.7 Å². The molecule has 0 unspecified atom stereocenters. The summed E-state index contributed by atoms with van der Waals surface area (Å²) in [5.41, 5.74) is 2.14. The van der Waals surface area contributed by atoms with Crippen LogP contribution in [0.15, 0.2) is 77.7 Å². The van der Waals surface area contributed by atoms with Crippen molar-refractivity contribution in [1.82, 2.24) is 5.32 Å². The van der Waals surface area contributed by atoms with Crippen molar-refractivity contribution in [1.29, 1.82) is 0 Å². The molecular formula is C24H22N2O4S. The number of hydrogen-bond donors (Lipinski definition) is 2. The van der Waals surface area contributed by atoms with Gasteiger partial charge in [-0.2, -0.15) is 0 Å². The van der Waals surface area contributed by atoms with E-state index in [0.29, 0.717) is 31.1 Å². The monoisotopic (exact) mass is 434 g/mol. The lowest BCUT2D eigenvalue weighted by molar-refractivity contribution is -0.118. The highest BCUT2D eigenvalue weighted by atomic mass is 32.2. The predicted octanol–water partition coefficient (Wildman–Crippen LogP) is 4.12. The Kier molecular flexibility index (Phi) is 6.74. The Bertz CT molecular complexity index is 1070. The van der Waals surface area contributed by atoms with Gasteiger partial charge in [-0.05, 0) is 48.0 Å². The molecule has 0 saturated heterocycles. The zero-order valence-electron chi connectivity index (χ0n) is 16.8. The van der Waals surface area contributed by atoms with Gasteiger partial charge in [0.25, 0.3) is 5.91 Å². The minimum Gasteiger partial charge on any atom is -0.486 e. The second-order valence-corrected chi connectivity index (χ2v) is 7.94. The van der Waals surface area contributed by atoms with Gasteiger partial charge in [0.05, 0.1) is 5.75 Å². The Balaban J connectivity index is 1.27. The number of amides is 2. The summed E-state index contributed by atoms with van der Waals surface area (Å²) in [7, 11) is 0. The van der Waals surface area contributed by atoms with Gasteiger partial charge in [-0.3, -0.25) is 9.59 Å². The lowest BCUT2D eigenvalue weighted by atomic mass is 10.1. The fourth-order valence-electron chi connectivity index (χ4n) is 3.06. The van der Waals surface area contributed by atoms with Crippen molar-refractivity contribution >= 4 is 29.3 Å². The predicted molar refractivity (Wildman–Crippen MR) is 121 cm³/mol. The summed E-state index contributed by atoms with van der Waals surface area (Å²) in [6, 6.07) is 22.2. The minimum atomic E-state index is -0.187. The van der Waals surface area contributed by atoms with Crippen molar-refractivity contribution in [3.63, 3.8) is 0 Å². The van der Waals surface area contributed by atoms with Gasteiger partial charge in [-0.25, -0.2) is 0 Å². The number of thioether (sulfide) groups is 1. The van der Waals surface area contributed by atoms with E-state index in [0.717, 1.165) is 21.9 Å². The smallest absolute Gasteiger partial charge is 0.255 e. The number of benzene rings is 3. The molecule has 1 aliphatic heterocycles. The van der Waals surface area contributed by atoms with E-state index < -0.39 is 0 Å². The van der Waals surface area contributed by atoms with Gasteiger partial charge < -0.3 is 20.1 Å². The Morgan fingerprint density at radius 2 is 1.68 bits per heavy atom. The van der Waals surface area contributed by atoms with Crippen LogP contribution in [0.1, 0.15) is 15.9 Å². The number of nitrogens with one attached hydrogen (secondary N) is 2. The Hall–Kier alpha value is -3.45. The van der Waals surface area contributed by atoms with E-state index in [9.17, 15) is 9.59 Å². The zero-order valence-corrected chi connectivity index (χ0v) is 17.6. The number of anilines is 1. The third-order valence-electron chi connectivity index (χ3n) is 4.59. The van der Waals surface area contributed by atoms with E-state index >= 15 is 0 Å². The van der Waals surface area contributed by atoms with Crippen molar-refractivity contribution in [2.45, 2.75) is 11.4 Å². The number of ether oxygens (including phenoxy) is 2. The first kappa shape index (κ1) is 20.8. The van der Waals surface area contributed by atoms with Crippen LogP contribution in [-0.4, -0.2) is 30.8 Å². The van der Waals surface area contributed by atoms with E-state index in [1.54, 1.807) is 12.1 Å². The lowest BCUT2D eigenvalue weighted by Crippen LogP contribution is -2.24. The van der Waals surface area contributed by atoms with Gasteiger partial charge in [0.15, 0.2) is 11.5 Å². The number of hydrogen-bond acceptors (Lipinski definition) is 5. The summed E-state index contributed by atoms with van der Waals surface area (Å²) in [6.07, 6.45) is 0. The van der Waals surface area contributed by atoms with Crippen molar-refractivity contribution in [3.05, 3.63) is 83.9 Å². The number of fused-ring (bicyclic) bond motifs is 1. The van der Waals surface area contributed by atoms with Gasteiger partial charge >= 0.3 is 0 Å². The van der Waals surface area contributed by atoms with Crippen LogP contribution in [0.4, 0.5) is 5.69 Å². The molecule has 0 aromatic heterocycles. The van der Waals surface area contributed by atoms with Crippen LogP contribution in [0.5, 0.6) is 11.5 Å². The fourth-order valence-corrected chi connectivity index (χ4v) is 3.82. The second-order valence-electron chi connectivity index (χ2n) is 6.89. The van der Waals surface area contributed by atoms with Crippen molar-refractivity contribution in [2.75, 3.05) is 24.3 Å². The van der Waals surface area contributed by atoms with E-state index in [1.807, 2.05) is 60.7 Å². The molecule has 158 valence electrons. The number of carbonyl (C=O) groups excluding carboxylic acids is 2. The molecule has 0 bridgehead atoms. The third-order valence-corrected chi connectivity index (χ3v) is 5.59. The van der Waals surface area contributed by atoms with E-state index in [2.05, 4.69) is 10.6 Å². The first-order valence-electron chi connectivity index (χ1n) is 9.92. The van der Waals surface area contributed by atoms with Crippen LogP contribution in [0.2, 0.25) is 0 Å². The molecule has 31 heavy (non-hydrogen) atoms. The standard InChI is InChI=1S/C24H22N2O4S/c27-23(16-31-20-9-10-21-22(14-20)30-12-11-29-21)25-15-17-5-4-6-18(13-17)24(28)26-19-7-2-1-3-8-19/h1-10,13-14H,11-12,15-16H2,(H,25,27)(H,26,28). The molecule has 0 spiro atoms. The SMILES string of the molecule is O=C(CSc1ccc2c(c1)OCCO2)NCc1cccc(C(=O)Nc2ccccc2)c1. The first-order chi connectivity index (χ1) is 15.2. The van der Waals surface area contributed by atoms with Crippen LogP contribution >= 0.6 is 11.8 Å². The Morgan fingerprint density at radius 3 is 2.52 bits per heavy atom. The second kappa shape index (κ2) is 10.0. The Labute approximate surface area is 185 Å². The summed E-state index contributed by atoms with van der Waals surface area (Å²) in [5.74, 6) is 1.46. The maximum atomic E-state index is 12.4. The van der Waals surface area contributed by atoms with Crippen molar-refractivity contribution in [3.8, 4) is 11.5 Å². The van der Waals surface area contributed by atoms with Crippen LogP contribution in [0.3, 0.4) is 0 Å². The van der Waals surface area contributed by atoms with Gasteiger partial charge in [-0.1, -0.05) is 30.3 Å². The molecule has 0 fully saturated rings. The molecule has 4 rings (SSSR count). The zero-order chi connectivity index (χ0) is 21.5. The van der Waals surface area contributed by atoms with Crippen LogP contribution in [0, 0.1) is 0 Å². The summed E-state index contributed by atoms with van der Waals surface area (Å²) < 4.78 is 11.1. The first-order valence-corrected chi connectivity index (χ1v) is 10.9. The van der Waals surface area contributed by atoms with Crippen molar-refractivity contribution < 1.29 is 19.1 Å². The molecule has 2 amide bonds. The third kappa shape index (κ3) is 5.79. The van der Waals surface area contributed by atoms with Gasteiger partial charge in [0.2, 0.25) is 5.91 Å². The largest absolute Gasteiger partial charge is 0.486 e. The summed E-state index contributed by atoms with van der Waals surface area (Å²) >= 11 is 1.43. The normalized spacial score (nSPS) is 12.1. The average Bonchev–Trinajstić information content (AvgIpc) is 2.82. The molecule has 3 aromatic rings. The molecule has 2 N–H and O–H groups in total. The van der Waals surface area contributed by atoms with Gasteiger partial charge in [0, 0.05) is 22.7 Å². The molecular weight excluding hydrogens is 412 g/mol. The summed E-state index contributed by atoms with van der Waals surface area (Å²) in [5, 5.41) is 5.76. The molecule has 0 atom stereocenters. The number of carbonyl (C=O) groups is 2. The molecule has 0 radical (unpaired) electrons. The summed E-state index contributed by atoms with van der Waals surface area (Å²) in [6.45, 7) is 1.44. The van der Waals surface area contributed by atoms with Crippen LogP contribution in [0.25, 0.3) is 0 Å². The van der Waals surface area contributed by atoms with Crippen molar-refractivity contribution in [2.24, 2.45) is 0 Å². The molecule has 3 aromatic carbocycles. The maximum absolute atomic E-state index is 12.4. The molecule has 7 heteroatoms. The molecule has 0 saturated carbocycles.